The quantitative estimate of drug-likeness (QED) is 0.741. The highest BCUT2D eigenvalue weighted by Gasteiger charge is 2.26. The highest BCUT2D eigenvalue weighted by Crippen LogP contribution is 2.19. The lowest BCUT2D eigenvalue weighted by molar-refractivity contribution is -0.116. The van der Waals surface area contributed by atoms with Crippen LogP contribution < -0.4 is 5.32 Å². The Labute approximate surface area is 173 Å². The Balaban J connectivity index is 1.77. The molecule has 1 fully saturated rings. The topological polar surface area (TPSA) is 88.9 Å². The molecule has 1 aliphatic rings. The number of hydrogen-bond acceptors (Lipinski definition) is 6. The van der Waals surface area contributed by atoms with Crippen LogP contribution in [0.25, 0.3) is 0 Å². The van der Waals surface area contributed by atoms with Crippen molar-refractivity contribution in [3.05, 3.63) is 11.4 Å². The summed E-state index contributed by atoms with van der Waals surface area (Å²) < 4.78 is 12.4. The van der Waals surface area contributed by atoms with E-state index < -0.39 is 5.60 Å². The first kappa shape index (κ1) is 23.2. The minimum atomic E-state index is -0.486. The monoisotopic (exact) mass is 409 g/mol. The zero-order valence-electron chi connectivity index (χ0n) is 18.6. The number of ether oxygens (including phenoxy) is 2. The Morgan fingerprint density at radius 3 is 2.34 bits per heavy atom. The van der Waals surface area contributed by atoms with Gasteiger partial charge in [0.05, 0.1) is 30.2 Å². The third-order valence-electron chi connectivity index (χ3n) is 4.83. The molecule has 1 aromatic rings. The van der Waals surface area contributed by atoms with E-state index in [1.165, 1.54) is 0 Å². The van der Waals surface area contributed by atoms with Gasteiger partial charge < -0.3 is 19.7 Å². The molecule has 0 spiro atoms. The molecule has 0 radical (unpaired) electrons. The van der Waals surface area contributed by atoms with E-state index in [2.05, 4.69) is 15.3 Å². The van der Waals surface area contributed by atoms with Gasteiger partial charge in [-0.2, -0.15) is 5.10 Å². The van der Waals surface area contributed by atoms with E-state index in [1.807, 2.05) is 39.3 Å². The summed E-state index contributed by atoms with van der Waals surface area (Å²) in [6.45, 7) is 14.0. The van der Waals surface area contributed by atoms with Crippen molar-refractivity contribution in [1.29, 1.82) is 0 Å². The zero-order valence-corrected chi connectivity index (χ0v) is 18.6. The first-order chi connectivity index (χ1) is 13.6. The van der Waals surface area contributed by atoms with Gasteiger partial charge in [-0.1, -0.05) is 0 Å². The van der Waals surface area contributed by atoms with E-state index in [0.29, 0.717) is 39.2 Å². The summed E-state index contributed by atoms with van der Waals surface area (Å²) in [7, 11) is 1.65. The lowest BCUT2D eigenvalue weighted by atomic mass is 10.2. The fraction of sp³-hybridized carbons (Fsp3) is 0.750. The molecule has 1 aliphatic heterocycles. The first-order valence-electron chi connectivity index (χ1n) is 10.1. The van der Waals surface area contributed by atoms with Crippen molar-refractivity contribution >= 4 is 17.7 Å². The van der Waals surface area contributed by atoms with Gasteiger partial charge in [0.15, 0.2) is 0 Å². The largest absolute Gasteiger partial charge is 0.444 e. The van der Waals surface area contributed by atoms with Crippen molar-refractivity contribution in [3.63, 3.8) is 0 Å². The van der Waals surface area contributed by atoms with Gasteiger partial charge in [-0.3, -0.25) is 14.4 Å². The van der Waals surface area contributed by atoms with Crippen LogP contribution in [0.3, 0.4) is 0 Å². The Hall–Kier alpha value is -2.13. The lowest BCUT2D eigenvalue weighted by Gasteiger charge is -2.35. The van der Waals surface area contributed by atoms with Crippen LogP contribution in [0.5, 0.6) is 0 Å². The number of carbonyl (C=O) groups excluding carboxylic acids is 2. The molecular formula is C20H35N5O4. The third-order valence-corrected chi connectivity index (χ3v) is 4.83. The standard InChI is InChI=1S/C20H35N5O4/c1-15-18(16(2)25(22-15)13-14-28-6)21-17(26)7-8-23-9-11-24(12-10-23)19(27)29-20(3,4)5/h7-14H2,1-6H3,(H,21,26). The molecule has 1 saturated heterocycles. The van der Waals surface area contributed by atoms with Crippen LogP contribution in [0.1, 0.15) is 38.6 Å². The number of nitrogens with zero attached hydrogens (tertiary/aromatic N) is 4. The second-order valence-electron chi connectivity index (χ2n) is 8.37. The van der Waals surface area contributed by atoms with E-state index in [0.717, 1.165) is 30.2 Å². The molecule has 2 heterocycles. The summed E-state index contributed by atoms with van der Waals surface area (Å²) in [5.41, 5.74) is 2.03. The Morgan fingerprint density at radius 1 is 1.10 bits per heavy atom. The van der Waals surface area contributed by atoms with Crippen molar-refractivity contribution < 1.29 is 19.1 Å². The maximum absolute atomic E-state index is 12.4. The Bertz CT molecular complexity index is 702. The van der Waals surface area contributed by atoms with Gasteiger partial charge in [0, 0.05) is 46.3 Å². The minimum absolute atomic E-state index is 0.0305. The summed E-state index contributed by atoms with van der Waals surface area (Å²) in [5.74, 6) is -0.0305. The Morgan fingerprint density at radius 2 is 1.76 bits per heavy atom. The molecule has 0 atom stereocenters. The zero-order chi connectivity index (χ0) is 21.6. The molecule has 2 rings (SSSR count). The van der Waals surface area contributed by atoms with Crippen LogP contribution in [-0.4, -0.2) is 83.6 Å². The second-order valence-corrected chi connectivity index (χ2v) is 8.37. The number of piperazine rings is 1. The predicted octanol–water partition coefficient (Wildman–Crippen LogP) is 2.03. The smallest absolute Gasteiger partial charge is 0.410 e. The minimum Gasteiger partial charge on any atom is -0.444 e. The highest BCUT2D eigenvalue weighted by atomic mass is 16.6. The summed E-state index contributed by atoms with van der Waals surface area (Å²) in [4.78, 5) is 28.5. The number of aromatic nitrogens is 2. The molecular weight excluding hydrogens is 374 g/mol. The van der Waals surface area contributed by atoms with Gasteiger partial charge in [0.2, 0.25) is 5.91 Å². The fourth-order valence-electron chi connectivity index (χ4n) is 3.22. The summed E-state index contributed by atoms with van der Waals surface area (Å²) in [6, 6.07) is 0. The average molecular weight is 410 g/mol. The van der Waals surface area contributed by atoms with Crippen molar-refractivity contribution in [1.82, 2.24) is 19.6 Å². The summed E-state index contributed by atoms with van der Waals surface area (Å²) >= 11 is 0. The number of rotatable bonds is 7. The molecule has 0 bridgehead atoms. The Kier molecular flexibility index (Phi) is 8.04. The molecule has 2 amide bonds. The number of methoxy groups -OCH3 is 1. The number of anilines is 1. The third kappa shape index (κ3) is 7.01. The van der Waals surface area contributed by atoms with Crippen LogP contribution in [0.15, 0.2) is 0 Å². The van der Waals surface area contributed by atoms with Crippen molar-refractivity contribution in [2.75, 3.05) is 51.8 Å². The van der Waals surface area contributed by atoms with Gasteiger partial charge in [-0.15, -0.1) is 0 Å². The van der Waals surface area contributed by atoms with E-state index in [9.17, 15) is 9.59 Å². The van der Waals surface area contributed by atoms with Crippen molar-refractivity contribution in [2.45, 2.75) is 53.2 Å². The van der Waals surface area contributed by atoms with Gasteiger partial charge >= 0.3 is 6.09 Å². The van der Waals surface area contributed by atoms with Crippen LogP contribution in [0.2, 0.25) is 0 Å². The number of hydrogen-bond donors (Lipinski definition) is 1. The molecule has 1 N–H and O–H groups in total. The normalized spacial score (nSPS) is 15.4. The molecule has 29 heavy (non-hydrogen) atoms. The molecule has 9 nitrogen and oxygen atoms in total. The van der Waals surface area contributed by atoms with E-state index in [-0.39, 0.29) is 12.0 Å². The molecule has 1 aromatic heterocycles. The average Bonchev–Trinajstić information content (AvgIpc) is 2.91. The van der Waals surface area contributed by atoms with Gasteiger partial charge in [-0.25, -0.2) is 4.79 Å². The maximum Gasteiger partial charge on any atom is 0.410 e. The van der Waals surface area contributed by atoms with Gasteiger partial charge in [0.25, 0.3) is 0 Å². The van der Waals surface area contributed by atoms with Crippen molar-refractivity contribution in [3.8, 4) is 0 Å². The first-order valence-corrected chi connectivity index (χ1v) is 10.1. The van der Waals surface area contributed by atoms with Gasteiger partial charge in [0.1, 0.15) is 5.60 Å². The fourth-order valence-corrected chi connectivity index (χ4v) is 3.22. The molecule has 0 unspecified atom stereocenters. The SMILES string of the molecule is COCCn1nc(C)c(NC(=O)CCN2CCN(C(=O)OC(C)(C)C)CC2)c1C. The van der Waals surface area contributed by atoms with Crippen LogP contribution in [0, 0.1) is 13.8 Å². The second kappa shape index (κ2) is 10.1. The summed E-state index contributed by atoms with van der Waals surface area (Å²) in [5, 5.41) is 7.46. The number of nitrogens with one attached hydrogen (secondary N) is 1. The highest BCUT2D eigenvalue weighted by molar-refractivity contribution is 5.92. The molecule has 9 heteroatoms. The van der Waals surface area contributed by atoms with E-state index in [4.69, 9.17) is 9.47 Å². The van der Waals surface area contributed by atoms with Gasteiger partial charge in [-0.05, 0) is 34.6 Å². The number of amides is 2. The molecule has 0 saturated carbocycles. The van der Waals surface area contributed by atoms with E-state index in [1.54, 1.807) is 12.0 Å². The van der Waals surface area contributed by atoms with Crippen LogP contribution in [0.4, 0.5) is 10.5 Å². The maximum atomic E-state index is 12.4. The number of aryl methyl sites for hydroxylation is 1. The summed E-state index contributed by atoms with van der Waals surface area (Å²) in [6.07, 6.45) is 0.125. The van der Waals surface area contributed by atoms with Crippen LogP contribution >= 0.6 is 0 Å². The van der Waals surface area contributed by atoms with E-state index >= 15 is 0 Å². The van der Waals surface area contributed by atoms with Crippen molar-refractivity contribution in [2.24, 2.45) is 0 Å². The molecule has 164 valence electrons. The predicted molar refractivity (Wildman–Crippen MR) is 111 cm³/mol. The van der Waals surface area contributed by atoms with Crippen LogP contribution in [-0.2, 0) is 20.8 Å². The number of carbonyl (C=O) groups is 2. The molecule has 0 aliphatic carbocycles. The molecule has 0 aromatic carbocycles. The lowest BCUT2D eigenvalue weighted by Crippen LogP contribution is -2.50.